The third kappa shape index (κ3) is 2.84. The van der Waals surface area contributed by atoms with Crippen LogP contribution in [-0.2, 0) is 6.54 Å². The number of rotatable bonds is 4. The van der Waals surface area contributed by atoms with Gasteiger partial charge < -0.3 is 5.11 Å². The lowest BCUT2D eigenvalue weighted by Gasteiger charge is -2.07. The van der Waals surface area contributed by atoms with E-state index in [0.717, 1.165) is 0 Å². The van der Waals surface area contributed by atoms with Crippen LogP contribution in [0.4, 0.5) is 5.69 Å². The van der Waals surface area contributed by atoms with Gasteiger partial charge in [-0.25, -0.2) is 9.78 Å². The van der Waals surface area contributed by atoms with E-state index in [0.29, 0.717) is 16.5 Å². The molecule has 0 saturated carbocycles. The molecule has 0 radical (unpaired) electrons. The number of nitro groups is 1. The van der Waals surface area contributed by atoms with Gasteiger partial charge in [-0.15, -0.1) is 0 Å². The number of carboxylic acids is 1. The van der Waals surface area contributed by atoms with Gasteiger partial charge in [-0.1, -0.05) is 12.1 Å². The minimum Gasteiger partial charge on any atom is -0.478 e. The van der Waals surface area contributed by atoms with Crippen molar-refractivity contribution in [3.05, 3.63) is 80.4 Å². The first kappa shape index (κ1) is 15.3. The lowest BCUT2D eigenvalue weighted by Crippen LogP contribution is -2.21. The summed E-state index contributed by atoms with van der Waals surface area (Å²) in [5.41, 5.74) is 0.743. The number of aromatic carboxylic acids is 1. The van der Waals surface area contributed by atoms with Gasteiger partial charge in [-0.3, -0.25) is 19.5 Å². The van der Waals surface area contributed by atoms with Gasteiger partial charge >= 0.3 is 5.97 Å². The molecule has 8 heteroatoms. The molecule has 0 unspecified atom stereocenters. The fourth-order valence-corrected chi connectivity index (χ4v) is 2.32. The maximum Gasteiger partial charge on any atom is 0.335 e. The molecule has 0 spiro atoms. The van der Waals surface area contributed by atoms with Crippen LogP contribution in [0.25, 0.3) is 10.9 Å². The van der Waals surface area contributed by atoms with Crippen molar-refractivity contribution < 1.29 is 14.8 Å². The zero-order valence-corrected chi connectivity index (χ0v) is 12.2. The second kappa shape index (κ2) is 5.92. The standard InChI is InChI=1S/C16H11N3O5/c20-15-13-6-3-11(16(21)22)7-14(13)17-9-18(15)8-10-1-4-12(5-2-10)19(23)24/h1-7,9H,8H2,(H,21,22). The molecule has 0 aliphatic rings. The van der Waals surface area contributed by atoms with Crippen LogP contribution in [0.5, 0.6) is 0 Å². The van der Waals surface area contributed by atoms with E-state index in [9.17, 15) is 19.7 Å². The smallest absolute Gasteiger partial charge is 0.335 e. The molecule has 0 atom stereocenters. The topological polar surface area (TPSA) is 115 Å². The molecule has 0 aliphatic carbocycles. The number of non-ortho nitro benzene ring substituents is 1. The molecule has 1 aromatic heterocycles. The van der Waals surface area contributed by atoms with Crippen LogP contribution in [0.2, 0.25) is 0 Å². The van der Waals surface area contributed by atoms with Crippen molar-refractivity contribution in [1.82, 2.24) is 9.55 Å². The van der Waals surface area contributed by atoms with Crippen LogP contribution < -0.4 is 5.56 Å². The number of carboxylic acid groups (broad SMARTS) is 1. The lowest BCUT2D eigenvalue weighted by atomic mass is 10.1. The summed E-state index contributed by atoms with van der Waals surface area (Å²) in [6, 6.07) is 10.0. The van der Waals surface area contributed by atoms with Crippen LogP contribution >= 0.6 is 0 Å². The van der Waals surface area contributed by atoms with E-state index in [-0.39, 0.29) is 23.4 Å². The van der Waals surface area contributed by atoms with E-state index in [2.05, 4.69) is 4.98 Å². The largest absolute Gasteiger partial charge is 0.478 e. The van der Waals surface area contributed by atoms with E-state index in [4.69, 9.17) is 5.11 Å². The van der Waals surface area contributed by atoms with Crippen LogP contribution in [0.3, 0.4) is 0 Å². The first-order valence-electron chi connectivity index (χ1n) is 6.91. The number of hydrogen-bond acceptors (Lipinski definition) is 5. The van der Waals surface area contributed by atoms with Gasteiger partial charge in [0, 0.05) is 12.1 Å². The summed E-state index contributed by atoms with van der Waals surface area (Å²) in [5.74, 6) is -1.09. The zero-order valence-electron chi connectivity index (χ0n) is 12.2. The van der Waals surface area contributed by atoms with Crippen molar-refractivity contribution in [2.45, 2.75) is 6.54 Å². The number of nitrogens with zero attached hydrogens (tertiary/aromatic N) is 3. The van der Waals surface area contributed by atoms with E-state index in [1.807, 2.05) is 0 Å². The SMILES string of the molecule is O=C(O)c1ccc2c(=O)n(Cc3ccc([N+](=O)[O-])cc3)cnc2c1. The third-order valence-electron chi connectivity index (χ3n) is 3.57. The second-order valence-corrected chi connectivity index (χ2v) is 5.14. The predicted molar refractivity (Wildman–Crippen MR) is 85.2 cm³/mol. The Balaban J connectivity index is 1.97. The quantitative estimate of drug-likeness (QED) is 0.580. The van der Waals surface area contributed by atoms with E-state index < -0.39 is 10.9 Å². The second-order valence-electron chi connectivity index (χ2n) is 5.14. The third-order valence-corrected chi connectivity index (χ3v) is 3.57. The zero-order chi connectivity index (χ0) is 17.3. The van der Waals surface area contributed by atoms with E-state index >= 15 is 0 Å². The molecule has 3 rings (SSSR count). The van der Waals surface area contributed by atoms with Crippen molar-refractivity contribution in [2.75, 3.05) is 0 Å². The summed E-state index contributed by atoms with van der Waals surface area (Å²) < 4.78 is 1.37. The molecule has 120 valence electrons. The molecule has 0 bridgehead atoms. The molecule has 24 heavy (non-hydrogen) atoms. The van der Waals surface area contributed by atoms with Gasteiger partial charge in [0.05, 0.1) is 34.3 Å². The average molecular weight is 325 g/mol. The number of carbonyl (C=O) groups is 1. The number of aromatic nitrogens is 2. The summed E-state index contributed by atoms with van der Waals surface area (Å²) in [6.07, 6.45) is 1.33. The maximum absolute atomic E-state index is 12.5. The molecular weight excluding hydrogens is 314 g/mol. The summed E-state index contributed by atoms with van der Waals surface area (Å²) in [6.45, 7) is 0.209. The van der Waals surface area contributed by atoms with Gasteiger partial charge in [0.1, 0.15) is 0 Å². The Labute approximate surface area is 134 Å². The number of hydrogen-bond donors (Lipinski definition) is 1. The fraction of sp³-hybridized carbons (Fsp3) is 0.0625. The van der Waals surface area contributed by atoms with Crippen molar-refractivity contribution in [1.29, 1.82) is 0 Å². The van der Waals surface area contributed by atoms with Gasteiger partial charge in [0.15, 0.2) is 0 Å². The fourth-order valence-electron chi connectivity index (χ4n) is 2.32. The normalized spacial score (nSPS) is 10.7. The predicted octanol–water partition coefficient (Wildman–Crippen LogP) is 2.05. The first-order valence-corrected chi connectivity index (χ1v) is 6.91. The first-order chi connectivity index (χ1) is 11.5. The van der Waals surface area contributed by atoms with Gasteiger partial charge in [0.2, 0.25) is 0 Å². The Kier molecular flexibility index (Phi) is 3.78. The number of benzene rings is 2. The molecule has 0 fully saturated rings. The van der Waals surface area contributed by atoms with E-state index in [1.54, 1.807) is 12.1 Å². The highest BCUT2D eigenvalue weighted by Crippen LogP contribution is 2.14. The maximum atomic E-state index is 12.5. The molecule has 1 heterocycles. The Hall–Kier alpha value is -3.55. The average Bonchev–Trinajstić information content (AvgIpc) is 2.57. The van der Waals surface area contributed by atoms with Gasteiger partial charge in [-0.2, -0.15) is 0 Å². The lowest BCUT2D eigenvalue weighted by molar-refractivity contribution is -0.384. The Bertz CT molecular complexity index is 1010. The van der Waals surface area contributed by atoms with Gasteiger partial charge in [-0.05, 0) is 23.8 Å². The highest BCUT2D eigenvalue weighted by Gasteiger charge is 2.09. The summed E-state index contributed by atoms with van der Waals surface area (Å²) >= 11 is 0. The van der Waals surface area contributed by atoms with Gasteiger partial charge in [0.25, 0.3) is 11.2 Å². The van der Waals surface area contributed by atoms with Crippen molar-refractivity contribution in [3.8, 4) is 0 Å². The highest BCUT2D eigenvalue weighted by atomic mass is 16.6. The van der Waals surface area contributed by atoms with E-state index in [1.165, 1.54) is 41.2 Å². The monoisotopic (exact) mass is 325 g/mol. The molecule has 2 aromatic carbocycles. The van der Waals surface area contributed by atoms with Crippen molar-refractivity contribution >= 4 is 22.6 Å². The molecule has 0 amide bonds. The van der Waals surface area contributed by atoms with Crippen LogP contribution in [0, 0.1) is 10.1 Å². The summed E-state index contributed by atoms with van der Waals surface area (Å²) in [7, 11) is 0. The van der Waals surface area contributed by atoms with Crippen LogP contribution in [-0.4, -0.2) is 25.6 Å². The molecule has 1 N–H and O–H groups in total. The summed E-state index contributed by atoms with van der Waals surface area (Å²) in [4.78, 5) is 37.7. The number of fused-ring (bicyclic) bond motifs is 1. The molecule has 8 nitrogen and oxygen atoms in total. The van der Waals surface area contributed by atoms with Crippen molar-refractivity contribution in [2.24, 2.45) is 0 Å². The number of nitro benzene ring substituents is 1. The molecular formula is C16H11N3O5. The molecule has 3 aromatic rings. The van der Waals surface area contributed by atoms with Crippen LogP contribution in [0.1, 0.15) is 15.9 Å². The Morgan fingerprint density at radius 3 is 2.54 bits per heavy atom. The highest BCUT2D eigenvalue weighted by molar-refractivity contribution is 5.92. The molecule has 0 saturated heterocycles. The minimum absolute atomic E-state index is 0.0241. The van der Waals surface area contributed by atoms with Crippen LogP contribution in [0.15, 0.2) is 53.6 Å². The Morgan fingerprint density at radius 2 is 1.92 bits per heavy atom. The summed E-state index contributed by atoms with van der Waals surface area (Å²) in [5, 5.41) is 19.9. The van der Waals surface area contributed by atoms with Crippen molar-refractivity contribution in [3.63, 3.8) is 0 Å². The minimum atomic E-state index is -1.09. The molecule has 0 aliphatic heterocycles. The Morgan fingerprint density at radius 1 is 1.21 bits per heavy atom.